The van der Waals surface area contributed by atoms with E-state index in [-0.39, 0.29) is 11.9 Å². The molecule has 1 atom stereocenters. The number of methoxy groups -OCH3 is 1. The fourth-order valence-corrected chi connectivity index (χ4v) is 3.06. The van der Waals surface area contributed by atoms with Crippen molar-refractivity contribution < 1.29 is 9.53 Å². The number of nitrogens with one attached hydrogen (secondary N) is 3. The minimum absolute atomic E-state index is 0.0409. The Hall–Kier alpha value is -3.02. The normalized spacial score (nSPS) is 12.2. The van der Waals surface area contributed by atoms with Gasteiger partial charge in [0.05, 0.1) is 7.11 Å². The molecule has 6 heteroatoms. The van der Waals surface area contributed by atoms with Crippen LogP contribution in [0.3, 0.4) is 0 Å². The average molecular weight is 411 g/mol. The predicted octanol–water partition coefficient (Wildman–Crippen LogP) is 3.44. The number of aryl methyl sites for hydroxylation is 1. The Morgan fingerprint density at radius 2 is 1.97 bits per heavy atom. The molecule has 0 radical (unpaired) electrons. The Morgan fingerprint density at radius 3 is 2.67 bits per heavy atom. The van der Waals surface area contributed by atoms with E-state index in [9.17, 15) is 4.79 Å². The van der Waals surface area contributed by atoms with E-state index in [1.165, 1.54) is 11.1 Å². The van der Waals surface area contributed by atoms with Gasteiger partial charge >= 0.3 is 0 Å². The van der Waals surface area contributed by atoms with Crippen molar-refractivity contribution in [1.82, 2.24) is 16.0 Å². The Morgan fingerprint density at radius 1 is 1.17 bits per heavy atom. The summed E-state index contributed by atoms with van der Waals surface area (Å²) in [7, 11) is 3.44. The minimum Gasteiger partial charge on any atom is -0.496 e. The molecule has 0 heterocycles. The van der Waals surface area contributed by atoms with E-state index in [1.54, 1.807) is 14.2 Å². The number of hydrogen-bond donors (Lipinski definition) is 3. The summed E-state index contributed by atoms with van der Waals surface area (Å²) in [5.74, 6) is 1.58. The van der Waals surface area contributed by atoms with Crippen molar-refractivity contribution in [2.24, 2.45) is 4.99 Å². The van der Waals surface area contributed by atoms with Gasteiger partial charge in [-0.25, -0.2) is 0 Å². The quantitative estimate of drug-likeness (QED) is 0.437. The van der Waals surface area contributed by atoms with Gasteiger partial charge in [0.2, 0.25) is 0 Å². The van der Waals surface area contributed by atoms with Crippen LogP contribution in [0.1, 0.15) is 47.3 Å². The molecule has 0 aliphatic rings. The van der Waals surface area contributed by atoms with Gasteiger partial charge in [0.1, 0.15) is 5.75 Å². The lowest BCUT2D eigenvalue weighted by Gasteiger charge is -2.14. The van der Waals surface area contributed by atoms with Gasteiger partial charge in [0.15, 0.2) is 5.96 Å². The van der Waals surface area contributed by atoms with Crippen molar-refractivity contribution in [1.29, 1.82) is 0 Å². The molecule has 1 amide bonds. The van der Waals surface area contributed by atoms with Crippen LogP contribution in [0.2, 0.25) is 0 Å². The van der Waals surface area contributed by atoms with E-state index >= 15 is 0 Å². The number of nitrogens with zero attached hydrogens (tertiary/aromatic N) is 1. The lowest BCUT2D eigenvalue weighted by atomic mass is 10.1. The van der Waals surface area contributed by atoms with Crippen LogP contribution < -0.4 is 20.7 Å². The number of ether oxygens (including phenoxy) is 1. The molecule has 30 heavy (non-hydrogen) atoms. The molecule has 3 N–H and O–H groups in total. The maximum absolute atomic E-state index is 12.3. The van der Waals surface area contributed by atoms with Gasteiger partial charge < -0.3 is 20.7 Å². The molecule has 6 nitrogen and oxygen atoms in total. The van der Waals surface area contributed by atoms with Crippen molar-refractivity contribution in [3.63, 3.8) is 0 Å². The van der Waals surface area contributed by atoms with Crippen LogP contribution in [-0.4, -0.2) is 38.6 Å². The van der Waals surface area contributed by atoms with Crippen LogP contribution in [0.15, 0.2) is 47.5 Å². The van der Waals surface area contributed by atoms with Crippen molar-refractivity contribution in [3.8, 4) is 5.75 Å². The van der Waals surface area contributed by atoms with Gasteiger partial charge in [0.25, 0.3) is 5.91 Å². The number of amides is 1. The average Bonchev–Trinajstić information content (AvgIpc) is 2.76. The highest BCUT2D eigenvalue weighted by molar-refractivity contribution is 5.94. The molecule has 2 aromatic carbocycles. The van der Waals surface area contributed by atoms with Crippen molar-refractivity contribution >= 4 is 11.9 Å². The second-order valence-electron chi connectivity index (χ2n) is 7.40. The first-order valence-electron chi connectivity index (χ1n) is 10.4. The molecule has 0 aromatic heterocycles. The lowest BCUT2D eigenvalue weighted by molar-refractivity contribution is 0.0939. The summed E-state index contributed by atoms with van der Waals surface area (Å²) in [5.41, 5.74) is 4.07. The third-order valence-corrected chi connectivity index (χ3v) is 4.99. The van der Waals surface area contributed by atoms with E-state index in [0.717, 1.165) is 36.7 Å². The number of aliphatic imine (C=N–C) groups is 1. The van der Waals surface area contributed by atoms with Crippen LogP contribution in [0, 0.1) is 6.92 Å². The molecule has 0 saturated carbocycles. The summed E-state index contributed by atoms with van der Waals surface area (Å²) in [5, 5.41) is 9.64. The van der Waals surface area contributed by atoms with Crippen LogP contribution >= 0.6 is 0 Å². The van der Waals surface area contributed by atoms with E-state index in [1.807, 2.05) is 43.3 Å². The SMILES string of the molecule is CCC(C)NC(=O)c1cccc(CNC(=NC)NCCc2cc(C)ccc2OC)c1. The smallest absolute Gasteiger partial charge is 0.251 e. The summed E-state index contributed by atoms with van der Waals surface area (Å²) in [6.07, 6.45) is 1.74. The van der Waals surface area contributed by atoms with Gasteiger partial charge in [0, 0.05) is 31.7 Å². The molecular formula is C24H34N4O2. The minimum atomic E-state index is -0.0409. The maximum atomic E-state index is 12.3. The number of carbonyl (C=O) groups is 1. The summed E-state index contributed by atoms with van der Waals surface area (Å²) >= 11 is 0. The summed E-state index contributed by atoms with van der Waals surface area (Å²) in [6, 6.07) is 14.0. The van der Waals surface area contributed by atoms with E-state index in [2.05, 4.69) is 40.9 Å². The van der Waals surface area contributed by atoms with Crippen LogP contribution in [0.25, 0.3) is 0 Å². The summed E-state index contributed by atoms with van der Waals surface area (Å²) in [4.78, 5) is 16.6. The highest BCUT2D eigenvalue weighted by Gasteiger charge is 2.09. The zero-order valence-electron chi connectivity index (χ0n) is 18.7. The largest absolute Gasteiger partial charge is 0.496 e. The molecule has 1 unspecified atom stereocenters. The second kappa shape index (κ2) is 11.9. The molecular weight excluding hydrogens is 376 g/mol. The van der Waals surface area contributed by atoms with Gasteiger partial charge in [-0.15, -0.1) is 0 Å². The van der Waals surface area contributed by atoms with Gasteiger partial charge in [-0.3, -0.25) is 9.79 Å². The topological polar surface area (TPSA) is 74.8 Å². The Bertz CT molecular complexity index is 864. The van der Waals surface area contributed by atoms with Crippen molar-refractivity contribution in [3.05, 3.63) is 64.7 Å². The molecule has 0 saturated heterocycles. The number of benzene rings is 2. The third kappa shape index (κ3) is 7.10. The van der Waals surface area contributed by atoms with E-state index < -0.39 is 0 Å². The molecule has 2 rings (SSSR count). The first-order valence-corrected chi connectivity index (χ1v) is 10.4. The van der Waals surface area contributed by atoms with Gasteiger partial charge in [-0.1, -0.05) is 36.8 Å². The van der Waals surface area contributed by atoms with Crippen LogP contribution in [-0.2, 0) is 13.0 Å². The maximum Gasteiger partial charge on any atom is 0.251 e. The third-order valence-electron chi connectivity index (χ3n) is 4.99. The molecule has 0 aliphatic carbocycles. The molecule has 0 aliphatic heterocycles. The number of guanidine groups is 1. The Kier molecular flexibility index (Phi) is 9.19. The number of rotatable bonds is 9. The molecule has 0 fully saturated rings. The fourth-order valence-electron chi connectivity index (χ4n) is 3.06. The van der Waals surface area contributed by atoms with Crippen LogP contribution in [0.4, 0.5) is 0 Å². The molecule has 0 bridgehead atoms. The summed E-state index contributed by atoms with van der Waals surface area (Å²) in [6.45, 7) is 7.45. The van der Waals surface area contributed by atoms with E-state index in [4.69, 9.17) is 4.74 Å². The fraction of sp³-hybridized carbons (Fsp3) is 0.417. The highest BCUT2D eigenvalue weighted by Crippen LogP contribution is 2.19. The molecule has 0 spiro atoms. The number of hydrogen-bond acceptors (Lipinski definition) is 3. The zero-order valence-corrected chi connectivity index (χ0v) is 18.7. The monoisotopic (exact) mass is 410 g/mol. The number of carbonyl (C=O) groups excluding carboxylic acids is 1. The highest BCUT2D eigenvalue weighted by atomic mass is 16.5. The van der Waals surface area contributed by atoms with Crippen molar-refractivity contribution in [2.45, 2.75) is 46.2 Å². The first-order chi connectivity index (χ1) is 14.5. The lowest BCUT2D eigenvalue weighted by Crippen LogP contribution is -2.38. The standard InChI is InChI=1S/C24H34N4O2/c1-6-18(3)28-23(29)21-9-7-8-19(15-21)16-27-24(25-4)26-13-12-20-14-17(2)10-11-22(20)30-5/h7-11,14-15,18H,6,12-13,16H2,1-5H3,(H,28,29)(H2,25,26,27). The first kappa shape index (κ1) is 23.3. The van der Waals surface area contributed by atoms with Gasteiger partial charge in [-0.2, -0.15) is 0 Å². The predicted molar refractivity (Wildman–Crippen MR) is 123 cm³/mol. The van der Waals surface area contributed by atoms with Crippen molar-refractivity contribution in [2.75, 3.05) is 20.7 Å². The van der Waals surface area contributed by atoms with Gasteiger partial charge in [-0.05, 0) is 56.0 Å². The summed E-state index contributed by atoms with van der Waals surface area (Å²) < 4.78 is 5.44. The molecule has 162 valence electrons. The van der Waals surface area contributed by atoms with Crippen LogP contribution in [0.5, 0.6) is 5.75 Å². The zero-order chi connectivity index (χ0) is 21.9. The second-order valence-corrected chi connectivity index (χ2v) is 7.40. The Balaban J connectivity index is 1.88. The Labute approximate surface area is 180 Å². The van der Waals surface area contributed by atoms with E-state index in [0.29, 0.717) is 12.1 Å². The molecule has 2 aromatic rings.